The molecule has 148 valence electrons. The molecular weight excluding hydrogens is 352 g/mol. The monoisotopic (exact) mass is 390 g/mol. The van der Waals surface area contributed by atoms with Crippen LogP contribution in [0.4, 0.5) is 0 Å². The van der Waals surface area contributed by atoms with Gasteiger partial charge in [0.2, 0.25) is 0 Å². The Labute approximate surface area is 155 Å². The summed E-state index contributed by atoms with van der Waals surface area (Å²) >= 11 is 0. The van der Waals surface area contributed by atoms with Crippen LogP contribution in [-0.2, 0) is 13.0 Å². The summed E-state index contributed by atoms with van der Waals surface area (Å²) in [6.45, 7) is 7.31. The summed E-state index contributed by atoms with van der Waals surface area (Å²) in [5.41, 5.74) is 10.0. The van der Waals surface area contributed by atoms with Gasteiger partial charge in [0.15, 0.2) is 0 Å². The van der Waals surface area contributed by atoms with Gasteiger partial charge in [-0.05, 0) is 32.2 Å². The first-order valence-corrected chi connectivity index (χ1v) is 13.9. The fourth-order valence-electron chi connectivity index (χ4n) is 3.99. The Kier molecular flexibility index (Phi) is 8.50. The Morgan fingerprint density at radius 3 is 2.36 bits per heavy atom. The highest BCUT2D eigenvalue weighted by Gasteiger charge is 2.60. The quantitative estimate of drug-likeness (QED) is 0.413. The number of hydrogen-bond donors (Lipinski definition) is 2. The lowest BCUT2D eigenvalue weighted by Gasteiger charge is -2.44. The molecule has 0 aromatic rings. The number of nitrogens with one attached hydrogen (secondary N) is 1. The van der Waals surface area contributed by atoms with Crippen molar-refractivity contribution in [3.8, 4) is 0 Å². The van der Waals surface area contributed by atoms with Gasteiger partial charge >= 0.3 is 17.4 Å². The minimum Gasteiger partial charge on any atom is -0.390 e. The standard InChI is InChI=1S/C16H38N4O3Si2/c1-5-7-11-18-20-13-9-15-25(20,22-4)23-24(21-3)14-8-12-19(24)16(17)10-6-2/h16,18H,5-15,17H2,1-4H3. The third-order valence-corrected chi connectivity index (χ3v) is 13.8. The predicted octanol–water partition coefficient (Wildman–Crippen LogP) is 1.97. The topological polar surface area (TPSA) is 72.2 Å². The van der Waals surface area contributed by atoms with Crippen molar-refractivity contribution in [1.82, 2.24) is 14.7 Å². The van der Waals surface area contributed by atoms with E-state index in [0.717, 1.165) is 63.8 Å². The molecule has 3 unspecified atom stereocenters. The zero-order valence-corrected chi connectivity index (χ0v) is 18.6. The molecule has 0 aromatic carbocycles. The van der Waals surface area contributed by atoms with Gasteiger partial charge in [-0.1, -0.05) is 26.7 Å². The lowest BCUT2D eigenvalue weighted by atomic mass is 10.3. The maximum atomic E-state index is 6.91. The Balaban J connectivity index is 2.15. The number of nitrogens with two attached hydrogens (primary N) is 1. The van der Waals surface area contributed by atoms with E-state index in [4.69, 9.17) is 18.7 Å². The van der Waals surface area contributed by atoms with E-state index in [-0.39, 0.29) is 6.17 Å². The Morgan fingerprint density at radius 2 is 1.72 bits per heavy atom. The highest BCUT2D eigenvalue weighted by atomic mass is 28.5. The number of unbranched alkanes of at least 4 members (excludes halogenated alkanes) is 1. The summed E-state index contributed by atoms with van der Waals surface area (Å²) in [4.78, 5) is 0. The molecule has 0 aromatic heterocycles. The normalized spacial score (nSPS) is 32.5. The van der Waals surface area contributed by atoms with Crippen LogP contribution >= 0.6 is 0 Å². The molecule has 0 saturated carbocycles. The van der Waals surface area contributed by atoms with E-state index in [0.29, 0.717) is 0 Å². The van der Waals surface area contributed by atoms with Crippen LogP contribution in [0.15, 0.2) is 0 Å². The van der Waals surface area contributed by atoms with E-state index < -0.39 is 17.4 Å². The lowest BCUT2D eigenvalue weighted by molar-refractivity contribution is 0.126. The molecule has 0 bridgehead atoms. The van der Waals surface area contributed by atoms with Gasteiger partial charge in [0.05, 0.1) is 6.17 Å². The third-order valence-electron chi connectivity index (χ3n) is 5.39. The van der Waals surface area contributed by atoms with Crippen LogP contribution in [0.2, 0.25) is 12.1 Å². The van der Waals surface area contributed by atoms with Crippen molar-refractivity contribution in [2.24, 2.45) is 5.73 Å². The van der Waals surface area contributed by atoms with Crippen molar-refractivity contribution in [1.29, 1.82) is 0 Å². The first-order valence-electron chi connectivity index (χ1n) is 9.91. The summed E-state index contributed by atoms with van der Waals surface area (Å²) < 4.78 is 23.7. The molecule has 0 aliphatic carbocycles. The van der Waals surface area contributed by atoms with Crippen molar-refractivity contribution in [2.45, 2.75) is 70.6 Å². The second-order valence-electron chi connectivity index (χ2n) is 7.11. The molecule has 2 rings (SSSR count). The molecule has 0 amide bonds. The molecule has 2 heterocycles. The zero-order chi connectivity index (χ0) is 18.3. The molecule has 2 saturated heterocycles. The van der Waals surface area contributed by atoms with Crippen molar-refractivity contribution in [2.75, 3.05) is 33.9 Å². The van der Waals surface area contributed by atoms with Crippen LogP contribution in [0.1, 0.15) is 52.4 Å². The summed E-state index contributed by atoms with van der Waals surface area (Å²) in [7, 11) is -1.42. The van der Waals surface area contributed by atoms with Gasteiger partial charge in [-0.2, -0.15) is 0 Å². The summed E-state index contributed by atoms with van der Waals surface area (Å²) in [6, 6.07) is 1.96. The molecule has 2 aliphatic rings. The van der Waals surface area contributed by atoms with Crippen LogP contribution in [0, 0.1) is 0 Å². The summed E-state index contributed by atoms with van der Waals surface area (Å²) in [5.74, 6) is 0. The number of hydrogen-bond acceptors (Lipinski definition) is 7. The van der Waals surface area contributed by atoms with Crippen molar-refractivity contribution in [3.05, 3.63) is 0 Å². The maximum absolute atomic E-state index is 6.91. The van der Waals surface area contributed by atoms with Crippen LogP contribution in [0.25, 0.3) is 0 Å². The highest BCUT2D eigenvalue weighted by molar-refractivity contribution is 6.79. The van der Waals surface area contributed by atoms with E-state index in [1.807, 2.05) is 0 Å². The predicted molar refractivity (Wildman–Crippen MR) is 105 cm³/mol. The molecule has 2 aliphatic heterocycles. The third kappa shape index (κ3) is 4.71. The van der Waals surface area contributed by atoms with Crippen LogP contribution in [0.3, 0.4) is 0 Å². The Hall–Kier alpha value is 0.154. The largest absolute Gasteiger partial charge is 0.433 e. The molecule has 9 heteroatoms. The van der Waals surface area contributed by atoms with Gasteiger partial charge in [-0.15, -0.1) is 0 Å². The average Bonchev–Trinajstić information content (AvgIpc) is 3.21. The van der Waals surface area contributed by atoms with Gasteiger partial charge < -0.3 is 18.7 Å². The van der Waals surface area contributed by atoms with Crippen LogP contribution in [0.5, 0.6) is 0 Å². The minimum absolute atomic E-state index is 0.0185. The Bertz CT molecular complexity index is 410. The minimum atomic E-state index is -2.52. The van der Waals surface area contributed by atoms with Crippen molar-refractivity contribution >= 4 is 17.4 Å². The van der Waals surface area contributed by atoms with E-state index >= 15 is 0 Å². The SMILES string of the molecule is CCCCNN1CCC[Si]1(OC)O[Si]1(OC)CCCN1C(N)CCC. The molecule has 25 heavy (non-hydrogen) atoms. The van der Waals surface area contributed by atoms with E-state index in [9.17, 15) is 0 Å². The molecule has 2 fully saturated rings. The molecule has 7 nitrogen and oxygen atoms in total. The molecule has 3 atom stereocenters. The molecule has 0 spiro atoms. The van der Waals surface area contributed by atoms with E-state index in [1.54, 1.807) is 14.2 Å². The Morgan fingerprint density at radius 1 is 1.04 bits per heavy atom. The van der Waals surface area contributed by atoms with Crippen molar-refractivity contribution in [3.63, 3.8) is 0 Å². The van der Waals surface area contributed by atoms with Gasteiger partial charge in [-0.3, -0.25) is 9.99 Å². The van der Waals surface area contributed by atoms with E-state index in [2.05, 4.69) is 28.5 Å². The van der Waals surface area contributed by atoms with Crippen LogP contribution < -0.4 is 11.2 Å². The summed E-state index contributed by atoms with van der Waals surface area (Å²) in [5, 5.41) is 0. The first-order chi connectivity index (χ1) is 12.1. The molecule has 3 N–H and O–H groups in total. The summed E-state index contributed by atoms with van der Waals surface area (Å²) in [6.07, 6.45) is 6.60. The smallest absolute Gasteiger partial charge is 0.390 e. The zero-order valence-electron chi connectivity index (χ0n) is 16.6. The fraction of sp³-hybridized carbons (Fsp3) is 1.00. The van der Waals surface area contributed by atoms with Crippen LogP contribution in [-0.4, -0.2) is 66.7 Å². The second kappa shape index (κ2) is 9.91. The number of nitrogens with zero attached hydrogens (tertiary/aromatic N) is 2. The van der Waals surface area contributed by atoms with Gasteiger partial charge in [0.1, 0.15) is 0 Å². The maximum Gasteiger partial charge on any atom is 0.433 e. The fourth-order valence-corrected chi connectivity index (χ4v) is 13.0. The van der Waals surface area contributed by atoms with Gasteiger partial charge in [0, 0.05) is 39.4 Å². The number of rotatable bonds is 11. The van der Waals surface area contributed by atoms with Gasteiger partial charge in [0.25, 0.3) is 0 Å². The molecule has 0 radical (unpaired) electrons. The van der Waals surface area contributed by atoms with Crippen molar-refractivity contribution < 1.29 is 13.0 Å². The second-order valence-corrected chi connectivity index (χ2v) is 13.7. The van der Waals surface area contributed by atoms with Gasteiger partial charge in [-0.25, -0.2) is 4.67 Å². The highest BCUT2D eigenvalue weighted by Crippen LogP contribution is 2.36. The van der Waals surface area contributed by atoms with E-state index in [1.165, 1.54) is 6.42 Å². The first kappa shape index (κ1) is 21.5. The number of hydrazine groups is 1. The molecular formula is C16H38N4O3Si2. The average molecular weight is 391 g/mol. The lowest BCUT2D eigenvalue weighted by Crippen LogP contribution is -2.70.